The number of hydrogen-bond donors (Lipinski definition) is 1. The van der Waals surface area contributed by atoms with E-state index in [0.29, 0.717) is 22.5 Å². The van der Waals surface area contributed by atoms with Gasteiger partial charge in [0.05, 0.1) is 5.41 Å². The van der Waals surface area contributed by atoms with Crippen LogP contribution >= 0.6 is 11.6 Å². The number of rotatable bonds is 6. The third kappa shape index (κ3) is 4.39. The van der Waals surface area contributed by atoms with Gasteiger partial charge in [0.1, 0.15) is 23.7 Å². The van der Waals surface area contributed by atoms with Gasteiger partial charge >= 0.3 is 0 Å². The van der Waals surface area contributed by atoms with Gasteiger partial charge in [0, 0.05) is 29.2 Å². The number of benzene rings is 2. The first kappa shape index (κ1) is 22.1. The second-order valence-electron chi connectivity index (χ2n) is 8.44. The first-order chi connectivity index (χ1) is 16.5. The highest BCUT2D eigenvalue weighted by molar-refractivity contribution is 6.30. The van der Waals surface area contributed by atoms with E-state index < -0.39 is 5.41 Å². The fourth-order valence-corrected chi connectivity index (χ4v) is 4.64. The van der Waals surface area contributed by atoms with Crippen LogP contribution in [0.3, 0.4) is 0 Å². The largest absolute Gasteiger partial charge is 0.439 e. The summed E-state index contributed by atoms with van der Waals surface area (Å²) < 4.78 is 7.76. The van der Waals surface area contributed by atoms with Crippen LogP contribution in [0.25, 0.3) is 5.82 Å². The number of amides is 1. The normalized spacial score (nSPS) is 14.6. The fourth-order valence-electron chi connectivity index (χ4n) is 4.51. The molecular formula is C26H24ClN5O2. The van der Waals surface area contributed by atoms with Gasteiger partial charge in [0.25, 0.3) is 0 Å². The molecule has 172 valence electrons. The lowest BCUT2D eigenvalue weighted by molar-refractivity contribution is -0.121. The molecule has 2 aromatic carbocycles. The second-order valence-corrected chi connectivity index (χ2v) is 8.87. The number of carbonyl (C=O) groups excluding carboxylic acids is 1. The van der Waals surface area contributed by atoms with Gasteiger partial charge in [-0.25, -0.2) is 15.0 Å². The Morgan fingerprint density at radius 2 is 1.76 bits per heavy atom. The summed E-state index contributed by atoms with van der Waals surface area (Å²) in [6, 6.07) is 16.7. The van der Waals surface area contributed by atoms with E-state index in [4.69, 9.17) is 16.3 Å². The molecule has 2 heterocycles. The Balaban J connectivity index is 1.29. The number of ether oxygens (including phenoxy) is 1. The lowest BCUT2D eigenvalue weighted by atomic mass is 9.78. The molecule has 34 heavy (non-hydrogen) atoms. The van der Waals surface area contributed by atoms with Crippen molar-refractivity contribution in [3.63, 3.8) is 0 Å². The number of nitrogens with one attached hydrogen (secondary N) is 1. The van der Waals surface area contributed by atoms with Gasteiger partial charge in [0.15, 0.2) is 0 Å². The second kappa shape index (κ2) is 9.27. The minimum atomic E-state index is -0.525. The van der Waals surface area contributed by atoms with Crippen LogP contribution in [0.4, 0.5) is 5.69 Å². The molecule has 8 heteroatoms. The maximum atomic E-state index is 13.4. The number of anilines is 1. The molecule has 1 fully saturated rings. The molecule has 0 radical (unpaired) electrons. The predicted molar refractivity (Wildman–Crippen MR) is 131 cm³/mol. The van der Waals surface area contributed by atoms with E-state index in [9.17, 15) is 4.79 Å². The molecule has 4 aromatic rings. The molecule has 1 amide bonds. The van der Waals surface area contributed by atoms with Crippen molar-refractivity contribution in [3.8, 4) is 17.4 Å². The zero-order valence-electron chi connectivity index (χ0n) is 18.7. The van der Waals surface area contributed by atoms with E-state index in [0.717, 1.165) is 42.8 Å². The van der Waals surface area contributed by atoms with Gasteiger partial charge in [-0.2, -0.15) is 0 Å². The molecule has 0 saturated heterocycles. The average Bonchev–Trinajstić information content (AvgIpc) is 3.51. The number of nitrogens with zero attached hydrogens (tertiary/aromatic N) is 4. The minimum absolute atomic E-state index is 0.0112. The quantitative estimate of drug-likeness (QED) is 0.379. The number of imidazole rings is 1. The number of hydrogen-bond acceptors (Lipinski definition) is 5. The Hall–Kier alpha value is -3.71. The standard InChI is InChI=1S/C26H24ClN5O2/c1-18-28-14-15-32(18)23-16-24(30-17-29-23)34-22-10-8-21(9-11-22)31-25(33)26(12-2-3-13-26)19-4-6-20(27)7-5-19/h4-11,14-17H,2-3,12-13H2,1H3,(H,31,33). The summed E-state index contributed by atoms with van der Waals surface area (Å²) in [6.45, 7) is 1.90. The molecule has 0 spiro atoms. The van der Waals surface area contributed by atoms with Crippen molar-refractivity contribution in [1.82, 2.24) is 19.5 Å². The SMILES string of the molecule is Cc1nccn1-c1cc(Oc2ccc(NC(=O)C3(c4ccc(Cl)cc4)CCCC3)cc2)ncn1. The first-order valence-electron chi connectivity index (χ1n) is 11.2. The maximum Gasteiger partial charge on any atom is 0.235 e. The molecule has 7 nitrogen and oxygen atoms in total. The van der Waals surface area contributed by atoms with E-state index in [1.807, 2.05) is 66.2 Å². The van der Waals surface area contributed by atoms with E-state index >= 15 is 0 Å². The van der Waals surface area contributed by atoms with Crippen molar-refractivity contribution in [3.05, 3.63) is 89.7 Å². The van der Waals surface area contributed by atoms with Crippen LogP contribution in [0.15, 0.2) is 73.3 Å². The molecule has 1 N–H and O–H groups in total. The number of aromatic nitrogens is 4. The predicted octanol–water partition coefficient (Wildman–Crippen LogP) is 5.87. The summed E-state index contributed by atoms with van der Waals surface area (Å²) in [5.74, 6) is 2.54. The lowest BCUT2D eigenvalue weighted by Gasteiger charge is -2.28. The summed E-state index contributed by atoms with van der Waals surface area (Å²) in [5.41, 5.74) is 1.21. The molecule has 1 aliphatic carbocycles. The van der Waals surface area contributed by atoms with Crippen molar-refractivity contribution < 1.29 is 9.53 Å². The zero-order chi connectivity index (χ0) is 23.5. The molecular weight excluding hydrogens is 450 g/mol. The van der Waals surface area contributed by atoms with Gasteiger partial charge in [-0.05, 0) is 61.7 Å². The van der Waals surface area contributed by atoms with Gasteiger partial charge in [0.2, 0.25) is 11.8 Å². The third-order valence-electron chi connectivity index (χ3n) is 6.32. The third-order valence-corrected chi connectivity index (χ3v) is 6.58. The molecule has 5 rings (SSSR count). The van der Waals surface area contributed by atoms with Crippen molar-refractivity contribution >= 4 is 23.2 Å². The summed E-state index contributed by atoms with van der Waals surface area (Å²) in [5, 5.41) is 3.77. The summed E-state index contributed by atoms with van der Waals surface area (Å²) >= 11 is 6.06. The van der Waals surface area contributed by atoms with Crippen LogP contribution < -0.4 is 10.1 Å². The van der Waals surface area contributed by atoms with E-state index in [1.54, 1.807) is 12.3 Å². The van der Waals surface area contributed by atoms with E-state index in [-0.39, 0.29) is 5.91 Å². The van der Waals surface area contributed by atoms with Gasteiger partial charge < -0.3 is 10.1 Å². The van der Waals surface area contributed by atoms with Crippen LogP contribution in [0.5, 0.6) is 11.6 Å². The number of aryl methyl sites for hydroxylation is 1. The molecule has 0 atom stereocenters. The fraction of sp³-hybridized carbons (Fsp3) is 0.231. The highest BCUT2D eigenvalue weighted by atomic mass is 35.5. The zero-order valence-corrected chi connectivity index (χ0v) is 19.5. The molecule has 0 bridgehead atoms. The molecule has 0 aliphatic heterocycles. The monoisotopic (exact) mass is 473 g/mol. The topological polar surface area (TPSA) is 81.9 Å². The smallest absolute Gasteiger partial charge is 0.235 e. The summed E-state index contributed by atoms with van der Waals surface area (Å²) in [6.07, 6.45) is 8.72. The van der Waals surface area contributed by atoms with Crippen LogP contribution in [0, 0.1) is 6.92 Å². The Kier molecular flexibility index (Phi) is 6.02. The Morgan fingerprint density at radius 3 is 2.44 bits per heavy atom. The average molecular weight is 474 g/mol. The van der Waals surface area contributed by atoms with E-state index in [1.165, 1.54) is 6.33 Å². The summed E-state index contributed by atoms with van der Waals surface area (Å²) in [4.78, 5) is 26.1. The van der Waals surface area contributed by atoms with E-state index in [2.05, 4.69) is 20.3 Å². The van der Waals surface area contributed by atoms with Crippen LogP contribution in [-0.2, 0) is 10.2 Å². The number of carbonyl (C=O) groups is 1. The van der Waals surface area contributed by atoms with Crippen molar-refractivity contribution in [1.29, 1.82) is 0 Å². The number of halogens is 1. The molecule has 1 saturated carbocycles. The van der Waals surface area contributed by atoms with Crippen LogP contribution in [-0.4, -0.2) is 25.4 Å². The highest BCUT2D eigenvalue weighted by Gasteiger charge is 2.42. The Morgan fingerprint density at radius 1 is 1.03 bits per heavy atom. The van der Waals surface area contributed by atoms with Crippen molar-refractivity contribution in [2.24, 2.45) is 0 Å². The van der Waals surface area contributed by atoms with Crippen molar-refractivity contribution in [2.75, 3.05) is 5.32 Å². The van der Waals surface area contributed by atoms with Gasteiger partial charge in [-0.3, -0.25) is 9.36 Å². The van der Waals surface area contributed by atoms with Gasteiger partial charge in [-0.1, -0.05) is 36.6 Å². The highest BCUT2D eigenvalue weighted by Crippen LogP contribution is 2.42. The molecule has 2 aromatic heterocycles. The Labute approximate surface area is 202 Å². The lowest BCUT2D eigenvalue weighted by Crippen LogP contribution is -2.37. The molecule has 1 aliphatic rings. The molecule has 0 unspecified atom stereocenters. The Bertz CT molecular complexity index is 1300. The van der Waals surface area contributed by atoms with Crippen LogP contribution in [0.1, 0.15) is 37.1 Å². The van der Waals surface area contributed by atoms with Gasteiger partial charge in [-0.15, -0.1) is 0 Å². The van der Waals surface area contributed by atoms with Crippen LogP contribution in [0.2, 0.25) is 5.02 Å². The van der Waals surface area contributed by atoms with Crippen molar-refractivity contribution in [2.45, 2.75) is 38.0 Å². The first-order valence-corrected chi connectivity index (χ1v) is 11.6. The minimum Gasteiger partial charge on any atom is -0.439 e. The summed E-state index contributed by atoms with van der Waals surface area (Å²) in [7, 11) is 0. The maximum absolute atomic E-state index is 13.4.